The molecule has 0 saturated heterocycles. The number of fused-ring (bicyclic) bond motifs is 1. The molecule has 3 aromatic rings. The van der Waals surface area contributed by atoms with Gasteiger partial charge in [-0.05, 0) is 62.7 Å². The van der Waals surface area contributed by atoms with Gasteiger partial charge in [-0.15, -0.1) is 12.4 Å². The van der Waals surface area contributed by atoms with Gasteiger partial charge in [0, 0.05) is 30.2 Å². The molecular weight excluding hydrogens is 344 g/mol. The van der Waals surface area contributed by atoms with E-state index in [9.17, 15) is 0 Å². The van der Waals surface area contributed by atoms with E-state index in [1.54, 1.807) is 7.11 Å². The molecule has 0 radical (unpaired) electrons. The first kappa shape index (κ1) is 20.3. The highest BCUT2D eigenvalue weighted by atomic mass is 35.5. The Labute approximate surface area is 163 Å². The predicted octanol–water partition coefficient (Wildman–Crippen LogP) is 4.81. The number of methoxy groups -OCH3 is 1. The number of halogens is 1. The first-order valence-electron chi connectivity index (χ1n) is 9.02. The standard InChI is InChI=1S/C22H28N2O.ClH/c1-23(2)15-13-19-17-24(14-7-10-18-8-5-4-6-9-18)22-12-11-20(25-3)16-21(19)22;/h4-6,8-9,11-12,16-17H,7,10,13-15H2,1-3H3;1H. The van der Waals surface area contributed by atoms with E-state index in [1.807, 2.05) is 0 Å². The zero-order chi connectivity index (χ0) is 17.6. The van der Waals surface area contributed by atoms with Gasteiger partial charge >= 0.3 is 0 Å². The zero-order valence-electron chi connectivity index (χ0n) is 15.9. The quantitative estimate of drug-likeness (QED) is 0.564. The molecule has 2 aromatic carbocycles. The molecule has 3 rings (SSSR count). The van der Waals surface area contributed by atoms with Crippen molar-refractivity contribution < 1.29 is 4.74 Å². The minimum atomic E-state index is 0. The molecule has 0 saturated carbocycles. The molecule has 0 atom stereocenters. The molecule has 0 bridgehead atoms. The van der Waals surface area contributed by atoms with Crippen molar-refractivity contribution in [2.45, 2.75) is 25.8 Å². The van der Waals surface area contributed by atoms with Crippen molar-refractivity contribution in [1.82, 2.24) is 9.47 Å². The second kappa shape index (κ2) is 9.65. The minimum Gasteiger partial charge on any atom is -0.497 e. The molecule has 4 heteroatoms. The predicted molar refractivity (Wildman–Crippen MR) is 113 cm³/mol. The zero-order valence-corrected chi connectivity index (χ0v) is 16.8. The third-order valence-corrected chi connectivity index (χ3v) is 4.71. The average Bonchev–Trinajstić information content (AvgIpc) is 2.98. The minimum absolute atomic E-state index is 0. The largest absolute Gasteiger partial charge is 0.497 e. The fourth-order valence-electron chi connectivity index (χ4n) is 3.30. The molecule has 0 aliphatic heterocycles. The summed E-state index contributed by atoms with van der Waals surface area (Å²) in [4.78, 5) is 2.23. The van der Waals surface area contributed by atoms with E-state index in [4.69, 9.17) is 4.74 Å². The van der Waals surface area contributed by atoms with Crippen molar-refractivity contribution in [1.29, 1.82) is 0 Å². The molecule has 0 aliphatic rings. The molecule has 0 fully saturated rings. The van der Waals surface area contributed by atoms with Crippen LogP contribution in [-0.2, 0) is 19.4 Å². The summed E-state index contributed by atoms with van der Waals surface area (Å²) < 4.78 is 7.84. The number of hydrogen-bond acceptors (Lipinski definition) is 2. The highest BCUT2D eigenvalue weighted by Gasteiger charge is 2.10. The molecule has 3 nitrogen and oxygen atoms in total. The SMILES string of the molecule is COc1ccc2c(c1)c(CCN(C)C)cn2CCCc1ccccc1.Cl. The van der Waals surface area contributed by atoms with Crippen LogP contribution in [0.25, 0.3) is 10.9 Å². The van der Waals surface area contributed by atoms with Crippen LogP contribution in [0.5, 0.6) is 5.75 Å². The number of hydrogen-bond donors (Lipinski definition) is 0. The molecular formula is C22H29ClN2O. The van der Waals surface area contributed by atoms with Crippen molar-refractivity contribution in [3.8, 4) is 5.75 Å². The summed E-state index contributed by atoms with van der Waals surface area (Å²) in [5, 5.41) is 1.32. The summed E-state index contributed by atoms with van der Waals surface area (Å²) in [5.41, 5.74) is 4.12. The van der Waals surface area contributed by atoms with Crippen molar-refractivity contribution in [2.75, 3.05) is 27.7 Å². The number of nitrogens with zero attached hydrogens (tertiary/aromatic N) is 2. The average molecular weight is 373 g/mol. The lowest BCUT2D eigenvalue weighted by Crippen LogP contribution is -2.14. The fraction of sp³-hybridized carbons (Fsp3) is 0.364. The van der Waals surface area contributed by atoms with Gasteiger partial charge in [-0.1, -0.05) is 30.3 Å². The van der Waals surface area contributed by atoms with Crippen LogP contribution in [0.2, 0.25) is 0 Å². The van der Waals surface area contributed by atoms with Crippen LogP contribution in [-0.4, -0.2) is 37.2 Å². The Morgan fingerprint density at radius 1 is 1.00 bits per heavy atom. The number of rotatable bonds is 8. The van der Waals surface area contributed by atoms with Crippen molar-refractivity contribution in [2.24, 2.45) is 0 Å². The second-order valence-electron chi connectivity index (χ2n) is 6.87. The summed E-state index contributed by atoms with van der Waals surface area (Å²) in [7, 11) is 5.98. The molecule has 0 amide bonds. The van der Waals surface area contributed by atoms with Crippen LogP contribution in [0.15, 0.2) is 54.7 Å². The Balaban J connectivity index is 0.00000243. The highest BCUT2D eigenvalue weighted by molar-refractivity contribution is 5.86. The molecule has 0 aliphatic carbocycles. The topological polar surface area (TPSA) is 17.4 Å². The second-order valence-corrected chi connectivity index (χ2v) is 6.87. The third-order valence-electron chi connectivity index (χ3n) is 4.71. The van der Waals surface area contributed by atoms with Crippen LogP contribution in [0.1, 0.15) is 17.5 Å². The smallest absolute Gasteiger partial charge is 0.119 e. The van der Waals surface area contributed by atoms with Gasteiger partial charge in [-0.25, -0.2) is 0 Å². The summed E-state index contributed by atoms with van der Waals surface area (Å²) in [6.45, 7) is 2.10. The summed E-state index contributed by atoms with van der Waals surface area (Å²) in [5.74, 6) is 0.931. The molecule has 0 unspecified atom stereocenters. The van der Waals surface area contributed by atoms with Gasteiger partial charge < -0.3 is 14.2 Å². The van der Waals surface area contributed by atoms with Gasteiger partial charge in [0.05, 0.1) is 7.11 Å². The van der Waals surface area contributed by atoms with E-state index in [1.165, 1.54) is 22.0 Å². The van der Waals surface area contributed by atoms with E-state index >= 15 is 0 Å². The molecule has 26 heavy (non-hydrogen) atoms. The van der Waals surface area contributed by atoms with Gasteiger partial charge in [0.15, 0.2) is 0 Å². The van der Waals surface area contributed by atoms with Crippen LogP contribution in [0, 0.1) is 0 Å². The molecule has 0 N–H and O–H groups in total. The maximum Gasteiger partial charge on any atom is 0.119 e. The van der Waals surface area contributed by atoms with Crippen molar-refractivity contribution in [3.05, 3.63) is 65.9 Å². The summed E-state index contributed by atoms with van der Waals surface area (Å²) >= 11 is 0. The normalized spacial score (nSPS) is 10.9. The third kappa shape index (κ3) is 5.03. The van der Waals surface area contributed by atoms with Crippen molar-refractivity contribution >= 4 is 23.3 Å². The number of aromatic nitrogens is 1. The molecule has 1 aromatic heterocycles. The fourth-order valence-corrected chi connectivity index (χ4v) is 3.30. The number of likely N-dealkylation sites (N-methyl/N-ethyl adjacent to an activating group) is 1. The van der Waals surface area contributed by atoms with Gasteiger partial charge in [-0.2, -0.15) is 0 Å². The van der Waals surface area contributed by atoms with Crippen LogP contribution in [0.3, 0.4) is 0 Å². The van der Waals surface area contributed by atoms with E-state index in [-0.39, 0.29) is 12.4 Å². The van der Waals surface area contributed by atoms with E-state index < -0.39 is 0 Å². The lowest BCUT2D eigenvalue weighted by atomic mass is 10.1. The van der Waals surface area contributed by atoms with Crippen LogP contribution >= 0.6 is 12.4 Å². The molecule has 0 spiro atoms. The number of benzene rings is 2. The number of aryl methyl sites for hydroxylation is 2. The Hall–Kier alpha value is -1.97. The Morgan fingerprint density at radius 2 is 1.77 bits per heavy atom. The monoisotopic (exact) mass is 372 g/mol. The van der Waals surface area contributed by atoms with Gasteiger partial charge in [0.1, 0.15) is 5.75 Å². The lowest BCUT2D eigenvalue weighted by Gasteiger charge is -2.08. The summed E-state index contributed by atoms with van der Waals surface area (Å²) in [6.07, 6.45) is 5.65. The van der Waals surface area contributed by atoms with E-state index in [0.29, 0.717) is 0 Å². The summed E-state index contributed by atoms with van der Waals surface area (Å²) in [6, 6.07) is 17.2. The van der Waals surface area contributed by atoms with Crippen molar-refractivity contribution in [3.63, 3.8) is 0 Å². The van der Waals surface area contributed by atoms with Gasteiger partial charge in [0.2, 0.25) is 0 Å². The highest BCUT2D eigenvalue weighted by Crippen LogP contribution is 2.27. The van der Waals surface area contributed by atoms with E-state index in [2.05, 4.69) is 78.3 Å². The molecule has 140 valence electrons. The van der Waals surface area contributed by atoms with E-state index in [0.717, 1.165) is 38.1 Å². The lowest BCUT2D eigenvalue weighted by molar-refractivity contribution is 0.413. The van der Waals surface area contributed by atoms with Crippen LogP contribution < -0.4 is 4.74 Å². The molecule has 1 heterocycles. The van der Waals surface area contributed by atoms with Gasteiger partial charge in [0.25, 0.3) is 0 Å². The first-order chi connectivity index (χ1) is 12.2. The Morgan fingerprint density at radius 3 is 2.46 bits per heavy atom. The maximum atomic E-state index is 5.43. The van der Waals surface area contributed by atoms with Crippen LogP contribution in [0.4, 0.5) is 0 Å². The maximum absolute atomic E-state index is 5.43. The Kier molecular flexibility index (Phi) is 7.55. The Bertz CT molecular complexity index is 812. The number of ether oxygens (including phenoxy) is 1. The van der Waals surface area contributed by atoms with Gasteiger partial charge in [-0.3, -0.25) is 0 Å². The first-order valence-corrected chi connectivity index (χ1v) is 9.02.